The summed E-state index contributed by atoms with van der Waals surface area (Å²) in [6, 6.07) is 0. The lowest BCUT2D eigenvalue weighted by Gasteiger charge is -2.04. The Labute approximate surface area is 113 Å². The van der Waals surface area contributed by atoms with Crippen LogP contribution in [-0.4, -0.2) is 12.6 Å². The van der Waals surface area contributed by atoms with Gasteiger partial charge in [-0.2, -0.15) is 0 Å². The van der Waals surface area contributed by atoms with E-state index in [1.165, 1.54) is 38.5 Å². The SMILES string of the molecule is CCCCCCCCC=C(C)C(=O)OCCCC. The summed E-state index contributed by atoms with van der Waals surface area (Å²) in [5, 5.41) is 0. The normalized spacial score (nSPS) is 11.6. The van der Waals surface area contributed by atoms with Gasteiger partial charge >= 0.3 is 5.97 Å². The van der Waals surface area contributed by atoms with Crippen LogP contribution < -0.4 is 0 Å². The summed E-state index contributed by atoms with van der Waals surface area (Å²) in [4.78, 5) is 11.5. The van der Waals surface area contributed by atoms with Gasteiger partial charge in [-0.3, -0.25) is 0 Å². The Morgan fingerprint density at radius 2 is 1.56 bits per heavy atom. The van der Waals surface area contributed by atoms with Crippen molar-refractivity contribution in [3.8, 4) is 0 Å². The van der Waals surface area contributed by atoms with Gasteiger partial charge in [-0.1, -0.05) is 58.4 Å². The number of rotatable bonds is 11. The van der Waals surface area contributed by atoms with Crippen LogP contribution in [0.5, 0.6) is 0 Å². The molecule has 106 valence electrons. The molecule has 0 aromatic heterocycles. The molecule has 0 fully saturated rings. The van der Waals surface area contributed by atoms with Crippen molar-refractivity contribution < 1.29 is 9.53 Å². The first kappa shape index (κ1) is 17.2. The Hall–Kier alpha value is -0.790. The first-order valence-corrected chi connectivity index (χ1v) is 7.56. The lowest BCUT2D eigenvalue weighted by molar-refractivity contribution is -0.139. The quantitative estimate of drug-likeness (QED) is 0.294. The van der Waals surface area contributed by atoms with E-state index in [-0.39, 0.29) is 5.97 Å². The predicted molar refractivity (Wildman–Crippen MR) is 77.6 cm³/mol. The van der Waals surface area contributed by atoms with Crippen LogP contribution in [0.15, 0.2) is 11.6 Å². The molecule has 2 heteroatoms. The summed E-state index contributed by atoms with van der Waals surface area (Å²) >= 11 is 0. The molecule has 0 aliphatic carbocycles. The molecule has 0 saturated carbocycles. The molecule has 0 unspecified atom stereocenters. The largest absolute Gasteiger partial charge is 0.462 e. The van der Waals surface area contributed by atoms with Gasteiger partial charge in [0.15, 0.2) is 0 Å². The fourth-order valence-electron chi connectivity index (χ4n) is 1.75. The Morgan fingerprint density at radius 1 is 0.944 bits per heavy atom. The highest BCUT2D eigenvalue weighted by Crippen LogP contribution is 2.09. The summed E-state index contributed by atoms with van der Waals surface area (Å²) in [7, 11) is 0. The molecule has 18 heavy (non-hydrogen) atoms. The van der Waals surface area contributed by atoms with E-state index in [4.69, 9.17) is 4.74 Å². The lowest BCUT2D eigenvalue weighted by Crippen LogP contribution is -2.06. The summed E-state index contributed by atoms with van der Waals surface area (Å²) in [5.41, 5.74) is 0.764. The summed E-state index contributed by atoms with van der Waals surface area (Å²) < 4.78 is 5.15. The minimum atomic E-state index is -0.144. The van der Waals surface area contributed by atoms with E-state index in [1.807, 2.05) is 13.0 Å². The molecule has 0 aromatic carbocycles. The third kappa shape index (κ3) is 10.4. The average Bonchev–Trinajstić information content (AvgIpc) is 2.37. The third-order valence-corrected chi connectivity index (χ3v) is 3.06. The Bertz CT molecular complexity index is 231. The van der Waals surface area contributed by atoms with E-state index in [9.17, 15) is 4.79 Å². The molecule has 0 rings (SSSR count). The Morgan fingerprint density at radius 3 is 2.22 bits per heavy atom. The zero-order chi connectivity index (χ0) is 13.6. The predicted octanol–water partition coefficient (Wildman–Crippen LogP) is 5.03. The summed E-state index contributed by atoms with van der Waals surface area (Å²) in [5.74, 6) is -0.144. The molecule has 0 aromatic rings. The number of carbonyl (C=O) groups excluding carboxylic acids is 1. The van der Waals surface area contributed by atoms with E-state index in [0.29, 0.717) is 6.61 Å². The van der Waals surface area contributed by atoms with Crippen LogP contribution in [-0.2, 0) is 9.53 Å². The van der Waals surface area contributed by atoms with Crippen molar-refractivity contribution in [2.24, 2.45) is 0 Å². The van der Waals surface area contributed by atoms with E-state index in [1.54, 1.807) is 0 Å². The zero-order valence-corrected chi connectivity index (χ0v) is 12.5. The smallest absolute Gasteiger partial charge is 0.333 e. The molecule has 0 heterocycles. The van der Waals surface area contributed by atoms with Crippen LogP contribution in [0.4, 0.5) is 0 Å². The molecule has 0 spiro atoms. The third-order valence-electron chi connectivity index (χ3n) is 3.06. The first-order chi connectivity index (χ1) is 8.72. The molecule has 0 aliphatic rings. The monoisotopic (exact) mass is 254 g/mol. The van der Waals surface area contributed by atoms with E-state index in [2.05, 4.69) is 13.8 Å². The van der Waals surface area contributed by atoms with Gasteiger partial charge in [0.25, 0.3) is 0 Å². The lowest BCUT2D eigenvalue weighted by atomic mass is 10.1. The van der Waals surface area contributed by atoms with Crippen LogP contribution in [0.1, 0.15) is 78.6 Å². The van der Waals surface area contributed by atoms with Crippen molar-refractivity contribution in [3.63, 3.8) is 0 Å². The second-order valence-corrected chi connectivity index (χ2v) is 4.93. The highest BCUT2D eigenvalue weighted by molar-refractivity contribution is 5.87. The minimum absolute atomic E-state index is 0.144. The molecule has 0 saturated heterocycles. The maximum absolute atomic E-state index is 11.5. The van der Waals surface area contributed by atoms with Crippen LogP contribution in [0.25, 0.3) is 0 Å². The highest BCUT2D eigenvalue weighted by Gasteiger charge is 2.04. The maximum atomic E-state index is 11.5. The first-order valence-electron chi connectivity index (χ1n) is 7.56. The van der Waals surface area contributed by atoms with Gasteiger partial charge in [0.05, 0.1) is 6.61 Å². The minimum Gasteiger partial charge on any atom is -0.462 e. The number of allylic oxidation sites excluding steroid dienone is 1. The van der Waals surface area contributed by atoms with E-state index >= 15 is 0 Å². The standard InChI is InChI=1S/C16H30O2/c1-4-6-8-9-10-11-12-13-15(3)16(17)18-14-7-5-2/h13H,4-12,14H2,1-3H3. The molecule has 0 N–H and O–H groups in total. The van der Waals surface area contributed by atoms with Crippen molar-refractivity contribution in [1.82, 2.24) is 0 Å². The van der Waals surface area contributed by atoms with Gasteiger partial charge in [0.2, 0.25) is 0 Å². The Balaban J connectivity index is 3.54. The number of ether oxygens (including phenoxy) is 1. The second-order valence-electron chi connectivity index (χ2n) is 4.93. The van der Waals surface area contributed by atoms with Crippen LogP contribution in [0.3, 0.4) is 0 Å². The van der Waals surface area contributed by atoms with Gasteiger partial charge in [-0.25, -0.2) is 4.79 Å². The van der Waals surface area contributed by atoms with Gasteiger partial charge in [-0.15, -0.1) is 0 Å². The van der Waals surface area contributed by atoms with Gasteiger partial charge in [-0.05, 0) is 26.2 Å². The van der Waals surface area contributed by atoms with Crippen molar-refractivity contribution in [1.29, 1.82) is 0 Å². The fourth-order valence-corrected chi connectivity index (χ4v) is 1.75. The average molecular weight is 254 g/mol. The maximum Gasteiger partial charge on any atom is 0.333 e. The van der Waals surface area contributed by atoms with Gasteiger partial charge in [0, 0.05) is 5.57 Å². The van der Waals surface area contributed by atoms with Crippen molar-refractivity contribution in [3.05, 3.63) is 11.6 Å². The zero-order valence-electron chi connectivity index (χ0n) is 12.5. The second kappa shape index (κ2) is 12.7. The summed E-state index contributed by atoms with van der Waals surface area (Å²) in [6.45, 7) is 6.73. The highest BCUT2D eigenvalue weighted by atomic mass is 16.5. The topological polar surface area (TPSA) is 26.3 Å². The molecular weight excluding hydrogens is 224 g/mol. The molecule has 2 nitrogen and oxygen atoms in total. The van der Waals surface area contributed by atoms with Gasteiger partial charge < -0.3 is 4.74 Å². The van der Waals surface area contributed by atoms with Crippen LogP contribution in [0, 0.1) is 0 Å². The number of carbonyl (C=O) groups is 1. The number of hydrogen-bond donors (Lipinski definition) is 0. The number of esters is 1. The molecule has 0 radical (unpaired) electrons. The van der Waals surface area contributed by atoms with E-state index < -0.39 is 0 Å². The molecule has 0 atom stereocenters. The molecular formula is C16H30O2. The number of unbranched alkanes of at least 4 members (excludes halogenated alkanes) is 7. The fraction of sp³-hybridized carbons (Fsp3) is 0.812. The molecule has 0 bridgehead atoms. The van der Waals surface area contributed by atoms with Crippen LogP contribution >= 0.6 is 0 Å². The molecule has 0 amide bonds. The van der Waals surface area contributed by atoms with E-state index in [0.717, 1.165) is 24.8 Å². The van der Waals surface area contributed by atoms with Crippen molar-refractivity contribution in [2.75, 3.05) is 6.61 Å². The van der Waals surface area contributed by atoms with Crippen molar-refractivity contribution >= 4 is 5.97 Å². The van der Waals surface area contributed by atoms with Crippen molar-refractivity contribution in [2.45, 2.75) is 78.6 Å². The van der Waals surface area contributed by atoms with Crippen LogP contribution in [0.2, 0.25) is 0 Å². The number of hydrogen-bond acceptors (Lipinski definition) is 2. The summed E-state index contributed by atoms with van der Waals surface area (Å²) in [6.07, 6.45) is 12.8. The van der Waals surface area contributed by atoms with Gasteiger partial charge in [0.1, 0.15) is 0 Å². The Kier molecular flexibility index (Phi) is 12.1. The molecule has 0 aliphatic heterocycles.